The molecule has 0 amide bonds. The maximum absolute atomic E-state index is 13.1. The van der Waals surface area contributed by atoms with Gasteiger partial charge in [-0.3, -0.25) is 10.1 Å². The van der Waals surface area contributed by atoms with Crippen LogP contribution in [0.3, 0.4) is 0 Å². The molecule has 2 aromatic rings. The van der Waals surface area contributed by atoms with E-state index in [-0.39, 0.29) is 5.69 Å². The van der Waals surface area contributed by atoms with Gasteiger partial charge in [0, 0.05) is 25.2 Å². The number of rotatable bonds is 5. The van der Waals surface area contributed by atoms with Gasteiger partial charge in [0.2, 0.25) is 10.0 Å². The predicted molar refractivity (Wildman–Crippen MR) is 101 cm³/mol. The van der Waals surface area contributed by atoms with Crippen molar-refractivity contribution in [2.75, 3.05) is 7.05 Å². The van der Waals surface area contributed by atoms with E-state index in [4.69, 9.17) is 0 Å². The lowest BCUT2D eigenvalue weighted by Gasteiger charge is -2.27. The standard InChI is InChI=1S/C19H20N2O4S/c1-14(16-8-5-9-18(12-16)21(22)23)20(2)26(24,25)19-11-10-15-6-3-4-7-17(15)13-19/h3-9,12-14H,10-11H2,1-2H3/t14-/m0/s1. The van der Waals surface area contributed by atoms with E-state index in [0.717, 1.165) is 11.1 Å². The second kappa shape index (κ2) is 7.01. The van der Waals surface area contributed by atoms with Crippen LogP contribution < -0.4 is 0 Å². The Hall–Kier alpha value is -2.51. The molecule has 1 aliphatic rings. The van der Waals surface area contributed by atoms with Crippen molar-refractivity contribution < 1.29 is 13.3 Å². The molecule has 0 spiro atoms. The molecule has 7 heteroatoms. The first-order chi connectivity index (χ1) is 12.3. The smallest absolute Gasteiger partial charge is 0.258 e. The minimum atomic E-state index is -3.66. The summed E-state index contributed by atoms with van der Waals surface area (Å²) in [5.74, 6) is 0. The van der Waals surface area contributed by atoms with Crippen molar-refractivity contribution in [3.8, 4) is 0 Å². The number of fused-ring (bicyclic) bond motifs is 1. The van der Waals surface area contributed by atoms with E-state index in [1.165, 1.54) is 23.5 Å². The molecule has 26 heavy (non-hydrogen) atoms. The van der Waals surface area contributed by atoms with E-state index >= 15 is 0 Å². The minimum Gasteiger partial charge on any atom is -0.258 e. The van der Waals surface area contributed by atoms with Crippen LogP contribution >= 0.6 is 0 Å². The van der Waals surface area contributed by atoms with Crippen LogP contribution in [0.15, 0.2) is 53.4 Å². The third kappa shape index (κ3) is 3.40. The molecule has 0 unspecified atom stereocenters. The fraction of sp³-hybridized carbons (Fsp3) is 0.263. The van der Waals surface area contributed by atoms with Gasteiger partial charge in [-0.2, -0.15) is 4.31 Å². The first-order valence-electron chi connectivity index (χ1n) is 8.31. The van der Waals surface area contributed by atoms with E-state index < -0.39 is 21.0 Å². The molecule has 0 aliphatic heterocycles. The summed E-state index contributed by atoms with van der Waals surface area (Å²) in [7, 11) is -2.15. The number of hydrogen-bond donors (Lipinski definition) is 0. The maximum Gasteiger partial charge on any atom is 0.269 e. The normalized spacial score (nSPS) is 15.3. The summed E-state index contributed by atoms with van der Waals surface area (Å²) in [6.45, 7) is 1.73. The van der Waals surface area contributed by atoms with Gasteiger partial charge in [0.25, 0.3) is 5.69 Å². The topological polar surface area (TPSA) is 80.5 Å². The quantitative estimate of drug-likeness (QED) is 0.589. The summed E-state index contributed by atoms with van der Waals surface area (Å²) in [5.41, 5.74) is 2.60. The minimum absolute atomic E-state index is 0.0500. The Balaban J connectivity index is 1.91. The predicted octanol–water partition coefficient (Wildman–Crippen LogP) is 3.90. The largest absolute Gasteiger partial charge is 0.269 e. The molecule has 3 rings (SSSR count). The molecule has 6 nitrogen and oxygen atoms in total. The van der Waals surface area contributed by atoms with Crippen LogP contribution in [0.1, 0.15) is 36.1 Å². The number of sulfonamides is 1. The lowest BCUT2D eigenvalue weighted by molar-refractivity contribution is -0.384. The summed E-state index contributed by atoms with van der Waals surface area (Å²) in [5, 5.41) is 11.0. The Bertz CT molecular complexity index is 983. The van der Waals surface area contributed by atoms with Gasteiger partial charge in [0.1, 0.15) is 0 Å². The van der Waals surface area contributed by atoms with Crippen molar-refractivity contribution in [3.63, 3.8) is 0 Å². The summed E-state index contributed by atoms with van der Waals surface area (Å²) >= 11 is 0. The van der Waals surface area contributed by atoms with Crippen LogP contribution in [0.5, 0.6) is 0 Å². The van der Waals surface area contributed by atoms with Crippen molar-refractivity contribution in [1.29, 1.82) is 0 Å². The number of nitro groups is 1. The lowest BCUT2D eigenvalue weighted by atomic mass is 9.98. The van der Waals surface area contributed by atoms with Crippen molar-refractivity contribution in [3.05, 3.63) is 80.2 Å². The van der Waals surface area contributed by atoms with Gasteiger partial charge >= 0.3 is 0 Å². The number of allylic oxidation sites excluding steroid dienone is 1. The van der Waals surface area contributed by atoms with Crippen LogP contribution in [0, 0.1) is 10.1 Å². The number of nitrogens with zero attached hydrogens (tertiary/aromatic N) is 2. The third-order valence-corrected chi connectivity index (χ3v) is 6.89. The summed E-state index contributed by atoms with van der Waals surface area (Å²) in [6, 6.07) is 13.3. The van der Waals surface area contributed by atoms with Crippen molar-refractivity contribution >= 4 is 21.8 Å². The Morgan fingerprint density at radius 3 is 2.58 bits per heavy atom. The van der Waals surface area contributed by atoms with Gasteiger partial charge in [-0.1, -0.05) is 36.4 Å². The molecule has 0 aromatic heterocycles. The third-order valence-electron chi connectivity index (χ3n) is 4.83. The Kier molecular flexibility index (Phi) is 4.93. The van der Waals surface area contributed by atoms with Crippen LogP contribution in [0.25, 0.3) is 6.08 Å². The summed E-state index contributed by atoms with van der Waals surface area (Å²) < 4.78 is 27.4. The molecule has 0 heterocycles. The van der Waals surface area contributed by atoms with Crippen molar-refractivity contribution in [2.24, 2.45) is 0 Å². The Morgan fingerprint density at radius 2 is 1.85 bits per heavy atom. The molecule has 0 saturated carbocycles. The molecule has 0 radical (unpaired) electrons. The molecular formula is C19H20N2O4S. The molecule has 1 atom stereocenters. The van der Waals surface area contributed by atoms with Gasteiger partial charge in [-0.05, 0) is 42.5 Å². The monoisotopic (exact) mass is 372 g/mol. The fourth-order valence-electron chi connectivity index (χ4n) is 3.11. The molecule has 0 fully saturated rings. The summed E-state index contributed by atoms with van der Waals surface area (Å²) in [6.07, 6.45) is 2.86. The number of hydrogen-bond acceptors (Lipinski definition) is 4. The molecule has 1 aliphatic carbocycles. The number of benzene rings is 2. The molecule has 0 N–H and O–H groups in total. The van der Waals surface area contributed by atoms with Crippen LogP contribution in [-0.2, 0) is 16.4 Å². The highest BCUT2D eigenvalue weighted by Gasteiger charge is 2.30. The van der Waals surface area contributed by atoms with Crippen LogP contribution in [0.4, 0.5) is 5.69 Å². The average Bonchev–Trinajstić information content (AvgIpc) is 2.66. The van der Waals surface area contributed by atoms with Crippen LogP contribution in [0.2, 0.25) is 0 Å². The van der Waals surface area contributed by atoms with Gasteiger partial charge < -0.3 is 0 Å². The highest BCUT2D eigenvalue weighted by molar-refractivity contribution is 7.93. The van der Waals surface area contributed by atoms with Crippen molar-refractivity contribution in [1.82, 2.24) is 4.31 Å². The first kappa shape index (κ1) is 18.3. The molecule has 0 bridgehead atoms. The fourth-order valence-corrected chi connectivity index (χ4v) is 4.65. The average molecular weight is 372 g/mol. The molecule has 2 aromatic carbocycles. The van der Waals surface area contributed by atoms with E-state index in [9.17, 15) is 18.5 Å². The molecule has 136 valence electrons. The van der Waals surface area contributed by atoms with Gasteiger partial charge in [-0.25, -0.2) is 8.42 Å². The summed E-state index contributed by atoms with van der Waals surface area (Å²) in [4.78, 5) is 10.9. The highest BCUT2D eigenvalue weighted by atomic mass is 32.2. The second-order valence-corrected chi connectivity index (χ2v) is 8.41. The zero-order valence-electron chi connectivity index (χ0n) is 14.6. The first-order valence-corrected chi connectivity index (χ1v) is 9.75. The Morgan fingerprint density at radius 1 is 1.12 bits per heavy atom. The van der Waals surface area contributed by atoms with E-state index in [1.807, 2.05) is 24.3 Å². The molecular weight excluding hydrogens is 352 g/mol. The van der Waals surface area contributed by atoms with Gasteiger partial charge in [-0.15, -0.1) is 0 Å². The van der Waals surface area contributed by atoms with Gasteiger partial charge in [0.15, 0.2) is 0 Å². The highest BCUT2D eigenvalue weighted by Crippen LogP contribution is 2.32. The molecule has 0 saturated heterocycles. The maximum atomic E-state index is 13.1. The lowest BCUT2D eigenvalue weighted by Crippen LogP contribution is -2.31. The van der Waals surface area contributed by atoms with Crippen molar-refractivity contribution in [2.45, 2.75) is 25.8 Å². The zero-order chi connectivity index (χ0) is 18.9. The number of non-ortho nitro benzene ring substituents is 1. The van der Waals surface area contributed by atoms with E-state index in [1.54, 1.807) is 25.1 Å². The number of aryl methyl sites for hydroxylation is 1. The van der Waals surface area contributed by atoms with Crippen LogP contribution in [-0.4, -0.2) is 24.7 Å². The van der Waals surface area contributed by atoms with E-state index in [0.29, 0.717) is 23.3 Å². The van der Waals surface area contributed by atoms with E-state index in [2.05, 4.69) is 0 Å². The van der Waals surface area contributed by atoms with Gasteiger partial charge in [0.05, 0.1) is 9.83 Å². The second-order valence-electron chi connectivity index (χ2n) is 6.36. The number of nitro benzene ring substituents is 1. The SMILES string of the molecule is C[C@@H](c1cccc([N+](=O)[O-])c1)N(C)S(=O)(=O)C1=Cc2ccccc2CC1. The zero-order valence-corrected chi connectivity index (χ0v) is 15.4. The Labute approximate surface area is 153 Å².